The predicted molar refractivity (Wildman–Crippen MR) is 143 cm³/mol. The zero-order chi connectivity index (χ0) is 25.5. The normalized spacial score (nSPS) is 12.3. The van der Waals surface area contributed by atoms with Crippen molar-refractivity contribution in [3.63, 3.8) is 0 Å². The number of fused-ring (bicyclic) bond motifs is 2. The van der Waals surface area contributed by atoms with E-state index in [0.29, 0.717) is 29.2 Å². The van der Waals surface area contributed by atoms with Gasteiger partial charge >= 0.3 is 0 Å². The second-order valence-corrected chi connectivity index (χ2v) is 11.5. The average Bonchev–Trinajstić information content (AvgIpc) is 3.24. The van der Waals surface area contributed by atoms with E-state index in [2.05, 4.69) is 30.2 Å². The summed E-state index contributed by atoms with van der Waals surface area (Å²) in [6.07, 6.45) is 0. The summed E-state index contributed by atoms with van der Waals surface area (Å²) >= 11 is 0. The van der Waals surface area contributed by atoms with Gasteiger partial charge in [0.15, 0.2) is 5.82 Å². The Bertz CT molecular complexity index is 1650. The van der Waals surface area contributed by atoms with Crippen molar-refractivity contribution in [1.29, 1.82) is 0 Å². The van der Waals surface area contributed by atoms with Crippen LogP contribution in [0.15, 0.2) is 71.6 Å². The molecule has 8 nitrogen and oxygen atoms in total. The first kappa shape index (κ1) is 23.9. The highest BCUT2D eigenvalue weighted by Gasteiger charge is 2.24. The number of hydrogen-bond acceptors (Lipinski definition) is 6. The summed E-state index contributed by atoms with van der Waals surface area (Å²) in [6.45, 7) is 7.70. The van der Waals surface area contributed by atoms with Crippen LogP contribution in [0, 0.1) is 6.92 Å². The van der Waals surface area contributed by atoms with Gasteiger partial charge < -0.3 is 10.3 Å². The second-order valence-electron chi connectivity index (χ2n) is 9.83. The summed E-state index contributed by atoms with van der Waals surface area (Å²) in [5.74, 6) is 1.43. The molecule has 36 heavy (non-hydrogen) atoms. The molecule has 0 saturated heterocycles. The molecule has 5 aromatic rings. The van der Waals surface area contributed by atoms with Gasteiger partial charge in [-0.05, 0) is 51.5 Å². The van der Waals surface area contributed by atoms with E-state index in [1.807, 2.05) is 75.4 Å². The number of anilines is 1. The Hall–Kier alpha value is -3.82. The molecule has 2 heterocycles. The number of para-hydroxylation sites is 2. The molecule has 0 atom stereocenters. The monoisotopic (exact) mass is 500 g/mol. The molecule has 9 heteroatoms. The first-order chi connectivity index (χ1) is 17.1. The van der Waals surface area contributed by atoms with Crippen molar-refractivity contribution in [2.24, 2.45) is 0 Å². The quantitative estimate of drug-likeness (QED) is 0.296. The third-order valence-electron chi connectivity index (χ3n) is 5.74. The van der Waals surface area contributed by atoms with Crippen LogP contribution in [-0.4, -0.2) is 34.1 Å². The number of aromatic amines is 1. The van der Waals surface area contributed by atoms with Crippen LogP contribution < -0.4 is 10.0 Å². The Labute approximate surface area is 210 Å². The number of nitrogens with zero attached hydrogens (tertiary/aromatic N) is 3. The molecule has 3 N–H and O–H groups in total. The molecule has 0 spiro atoms. The number of aryl methyl sites for hydroxylation is 1. The van der Waals surface area contributed by atoms with E-state index in [4.69, 9.17) is 0 Å². The fourth-order valence-corrected chi connectivity index (χ4v) is 5.89. The fraction of sp³-hybridized carbons (Fsp3) is 0.222. The molecule has 3 aromatic carbocycles. The molecule has 0 fully saturated rings. The molecule has 0 aliphatic carbocycles. The molecule has 184 valence electrons. The van der Waals surface area contributed by atoms with Gasteiger partial charge in [-0.1, -0.05) is 48.5 Å². The van der Waals surface area contributed by atoms with Crippen molar-refractivity contribution < 1.29 is 8.42 Å². The lowest BCUT2D eigenvalue weighted by Gasteiger charge is -2.21. The van der Waals surface area contributed by atoms with Crippen LogP contribution in [0.4, 0.5) is 5.82 Å². The van der Waals surface area contributed by atoms with Crippen LogP contribution >= 0.6 is 0 Å². The standard InChI is InChI=1S/C27H28N6O2S/c1-17-13-14-18(15-23(17)36(34,35)33-27(2,3)4)25-19-9-5-6-10-20(19)26(32-31-25)28-16-24-29-21-11-7-8-12-22(21)30-24/h5-15,33H,16H2,1-4H3,(H,28,32)(H,29,30). The summed E-state index contributed by atoms with van der Waals surface area (Å²) in [5, 5.41) is 14.1. The maximum absolute atomic E-state index is 13.1. The third-order valence-corrected chi connectivity index (χ3v) is 7.64. The van der Waals surface area contributed by atoms with Crippen molar-refractivity contribution in [1.82, 2.24) is 24.9 Å². The number of benzene rings is 3. The van der Waals surface area contributed by atoms with E-state index in [9.17, 15) is 8.42 Å². The molecule has 0 amide bonds. The molecule has 0 aliphatic rings. The van der Waals surface area contributed by atoms with E-state index in [0.717, 1.165) is 27.6 Å². The van der Waals surface area contributed by atoms with Crippen LogP contribution in [-0.2, 0) is 16.6 Å². The molecule has 5 rings (SSSR count). The predicted octanol–water partition coefficient (Wildman–Crippen LogP) is 5.17. The minimum Gasteiger partial charge on any atom is -0.361 e. The maximum atomic E-state index is 13.1. The van der Waals surface area contributed by atoms with Gasteiger partial charge in [0.1, 0.15) is 11.5 Å². The Kier molecular flexibility index (Phi) is 5.97. The SMILES string of the molecule is Cc1ccc(-c2nnc(NCc3nc4ccccc4[nH]3)c3ccccc23)cc1S(=O)(=O)NC(C)(C)C. The molecule has 0 unspecified atom stereocenters. The van der Waals surface area contributed by atoms with Gasteiger partial charge in [0.2, 0.25) is 10.0 Å². The fourth-order valence-electron chi connectivity index (χ4n) is 4.20. The number of sulfonamides is 1. The second kappa shape index (κ2) is 9.00. The molecule has 2 aromatic heterocycles. The lowest BCUT2D eigenvalue weighted by molar-refractivity contribution is 0.491. The van der Waals surface area contributed by atoms with Crippen LogP contribution in [0.3, 0.4) is 0 Å². The van der Waals surface area contributed by atoms with Gasteiger partial charge in [-0.3, -0.25) is 0 Å². The first-order valence-electron chi connectivity index (χ1n) is 11.7. The Morgan fingerprint density at radius 3 is 2.39 bits per heavy atom. The Morgan fingerprint density at radius 2 is 1.64 bits per heavy atom. The highest BCUT2D eigenvalue weighted by atomic mass is 32.2. The zero-order valence-corrected chi connectivity index (χ0v) is 21.4. The lowest BCUT2D eigenvalue weighted by Crippen LogP contribution is -2.40. The minimum absolute atomic E-state index is 0.230. The van der Waals surface area contributed by atoms with Crippen molar-refractivity contribution >= 4 is 37.6 Å². The largest absolute Gasteiger partial charge is 0.361 e. The summed E-state index contributed by atoms with van der Waals surface area (Å²) < 4.78 is 28.9. The summed E-state index contributed by atoms with van der Waals surface area (Å²) in [4.78, 5) is 8.15. The van der Waals surface area contributed by atoms with E-state index >= 15 is 0 Å². The third kappa shape index (κ3) is 4.80. The topological polar surface area (TPSA) is 113 Å². The van der Waals surface area contributed by atoms with Gasteiger partial charge in [0.25, 0.3) is 0 Å². The minimum atomic E-state index is -3.71. The van der Waals surface area contributed by atoms with E-state index < -0.39 is 15.6 Å². The number of H-pyrrole nitrogens is 1. The van der Waals surface area contributed by atoms with Gasteiger partial charge in [-0.2, -0.15) is 0 Å². The molecular weight excluding hydrogens is 472 g/mol. The first-order valence-corrected chi connectivity index (χ1v) is 13.2. The van der Waals surface area contributed by atoms with Crippen molar-refractivity contribution in [3.8, 4) is 11.3 Å². The molecular formula is C27H28N6O2S. The van der Waals surface area contributed by atoms with Crippen LogP contribution in [0.2, 0.25) is 0 Å². The molecule has 0 bridgehead atoms. The smallest absolute Gasteiger partial charge is 0.241 e. The number of rotatable bonds is 6. The van der Waals surface area contributed by atoms with Crippen LogP contribution in [0.5, 0.6) is 0 Å². The van der Waals surface area contributed by atoms with E-state index in [1.54, 1.807) is 19.1 Å². The van der Waals surface area contributed by atoms with Crippen LogP contribution in [0.25, 0.3) is 33.1 Å². The summed E-state index contributed by atoms with van der Waals surface area (Å²) in [7, 11) is -3.71. The van der Waals surface area contributed by atoms with Crippen molar-refractivity contribution in [2.75, 3.05) is 5.32 Å². The summed E-state index contributed by atoms with van der Waals surface area (Å²) in [5.41, 5.74) is 3.26. The van der Waals surface area contributed by atoms with E-state index in [-0.39, 0.29) is 4.90 Å². The maximum Gasteiger partial charge on any atom is 0.241 e. The van der Waals surface area contributed by atoms with E-state index in [1.165, 1.54) is 0 Å². The Morgan fingerprint density at radius 1 is 0.917 bits per heavy atom. The average molecular weight is 501 g/mol. The molecule has 0 aliphatic heterocycles. The number of nitrogens with one attached hydrogen (secondary N) is 3. The zero-order valence-electron chi connectivity index (χ0n) is 20.6. The van der Waals surface area contributed by atoms with Crippen molar-refractivity contribution in [3.05, 3.63) is 78.1 Å². The lowest BCUT2D eigenvalue weighted by atomic mass is 10.0. The highest BCUT2D eigenvalue weighted by Crippen LogP contribution is 2.32. The number of imidazole rings is 1. The number of hydrogen-bond donors (Lipinski definition) is 3. The molecule has 0 radical (unpaired) electrons. The highest BCUT2D eigenvalue weighted by molar-refractivity contribution is 7.89. The van der Waals surface area contributed by atoms with Gasteiger partial charge in [-0.15, -0.1) is 10.2 Å². The van der Waals surface area contributed by atoms with Gasteiger partial charge in [0.05, 0.1) is 22.5 Å². The van der Waals surface area contributed by atoms with Gasteiger partial charge in [-0.25, -0.2) is 18.1 Å². The summed E-state index contributed by atoms with van der Waals surface area (Å²) in [6, 6.07) is 21.0. The van der Waals surface area contributed by atoms with Crippen molar-refractivity contribution in [2.45, 2.75) is 44.7 Å². The number of aromatic nitrogens is 4. The Balaban J connectivity index is 1.51. The van der Waals surface area contributed by atoms with Gasteiger partial charge in [0, 0.05) is 21.9 Å². The van der Waals surface area contributed by atoms with Crippen LogP contribution in [0.1, 0.15) is 32.2 Å². The molecule has 0 saturated carbocycles.